The van der Waals surface area contributed by atoms with E-state index >= 15 is 0 Å². The molecule has 3 aliphatic carbocycles. The van der Waals surface area contributed by atoms with Crippen molar-refractivity contribution in [1.29, 1.82) is 0 Å². The Kier molecular flexibility index (Phi) is 2.66. The number of rotatable bonds is 4. The second kappa shape index (κ2) is 4.30. The van der Waals surface area contributed by atoms with E-state index in [1.54, 1.807) is 0 Å². The Balaban J connectivity index is 1.53. The van der Waals surface area contributed by atoms with Crippen LogP contribution in [-0.4, -0.2) is 17.6 Å². The zero-order valence-electron chi connectivity index (χ0n) is 11.5. The molecule has 0 radical (unpaired) electrons. The second-order valence-electron chi connectivity index (χ2n) is 6.34. The molecule has 20 heavy (non-hydrogen) atoms. The highest BCUT2D eigenvalue weighted by molar-refractivity contribution is 5.49. The first-order valence-electron chi connectivity index (χ1n) is 7.55. The van der Waals surface area contributed by atoms with Gasteiger partial charge >= 0.3 is 0 Å². The SMILES string of the molecule is CCNc1nc(NC2C3C4CCC(C4)C23)c(F)cc1F. The zero-order chi connectivity index (χ0) is 13.9. The Morgan fingerprint density at radius 1 is 1.15 bits per heavy atom. The molecule has 3 aliphatic rings. The minimum absolute atomic E-state index is 0.130. The Bertz CT molecular complexity index is 532. The fraction of sp³-hybridized carbons (Fsp3) is 0.667. The van der Waals surface area contributed by atoms with Crippen molar-refractivity contribution in [2.45, 2.75) is 32.2 Å². The molecule has 0 aliphatic heterocycles. The van der Waals surface area contributed by atoms with Crippen molar-refractivity contribution in [3.63, 3.8) is 0 Å². The smallest absolute Gasteiger partial charge is 0.168 e. The maximum atomic E-state index is 13.9. The highest BCUT2D eigenvalue weighted by Gasteiger charge is 2.65. The molecule has 4 unspecified atom stereocenters. The number of hydrogen-bond donors (Lipinski definition) is 2. The Hall–Kier alpha value is -1.39. The van der Waals surface area contributed by atoms with Gasteiger partial charge in [0.25, 0.3) is 0 Å². The molecule has 3 fully saturated rings. The van der Waals surface area contributed by atoms with E-state index in [2.05, 4.69) is 15.6 Å². The van der Waals surface area contributed by atoms with Crippen molar-refractivity contribution in [3.8, 4) is 0 Å². The summed E-state index contributed by atoms with van der Waals surface area (Å²) in [5, 5.41) is 6.04. The average molecular weight is 279 g/mol. The molecule has 1 aromatic rings. The third-order valence-electron chi connectivity index (χ3n) is 5.31. The number of aromatic nitrogens is 1. The van der Waals surface area contributed by atoms with Crippen LogP contribution in [0.1, 0.15) is 26.2 Å². The largest absolute Gasteiger partial charge is 0.368 e. The van der Waals surface area contributed by atoms with Crippen molar-refractivity contribution >= 4 is 11.6 Å². The third kappa shape index (κ3) is 1.71. The van der Waals surface area contributed by atoms with Gasteiger partial charge in [0.1, 0.15) is 0 Å². The van der Waals surface area contributed by atoms with E-state index in [1.165, 1.54) is 19.3 Å². The first kappa shape index (κ1) is 12.4. The molecular formula is C15H19F2N3. The topological polar surface area (TPSA) is 37.0 Å². The minimum atomic E-state index is -0.633. The summed E-state index contributed by atoms with van der Waals surface area (Å²) < 4.78 is 27.4. The molecule has 0 amide bonds. The molecule has 1 aromatic heterocycles. The van der Waals surface area contributed by atoms with Gasteiger partial charge in [0.05, 0.1) is 0 Å². The van der Waals surface area contributed by atoms with Gasteiger partial charge in [-0.2, -0.15) is 0 Å². The second-order valence-corrected chi connectivity index (χ2v) is 6.34. The van der Waals surface area contributed by atoms with Crippen molar-refractivity contribution in [2.24, 2.45) is 23.7 Å². The highest BCUT2D eigenvalue weighted by atomic mass is 19.1. The maximum Gasteiger partial charge on any atom is 0.168 e. The molecule has 0 aromatic carbocycles. The summed E-state index contributed by atoms with van der Waals surface area (Å²) in [7, 11) is 0. The Labute approximate surface area is 117 Å². The van der Waals surface area contributed by atoms with Crippen LogP contribution in [0.15, 0.2) is 6.07 Å². The summed E-state index contributed by atoms with van der Waals surface area (Å²) in [5.41, 5.74) is 0. The highest BCUT2D eigenvalue weighted by Crippen LogP contribution is 2.66. The number of nitrogens with zero attached hydrogens (tertiary/aromatic N) is 1. The third-order valence-corrected chi connectivity index (χ3v) is 5.31. The van der Waals surface area contributed by atoms with E-state index in [0.29, 0.717) is 24.4 Å². The van der Waals surface area contributed by atoms with E-state index in [9.17, 15) is 8.78 Å². The van der Waals surface area contributed by atoms with Gasteiger partial charge in [0.2, 0.25) is 0 Å². The molecule has 5 heteroatoms. The van der Waals surface area contributed by atoms with Crippen LogP contribution in [0, 0.1) is 35.3 Å². The van der Waals surface area contributed by atoms with Crippen LogP contribution >= 0.6 is 0 Å². The fourth-order valence-electron chi connectivity index (χ4n) is 4.54. The number of nitrogens with one attached hydrogen (secondary N) is 2. The quantitative estimate of drug-likeness (QED) is 0.888. The van der Waals surface area contributed by atoms with Crippen LogP contribution in [0.5, 0.6) is 0 Å². The summed E-state index contributed by atoms with van der Waals surface area (Å²) in [4.78, 5) is 4.07. The minimum Gasteiger partial charge on any atom is -0.368 e. The molecule has 4 atom stereocenters. The summed E-state index contributed by atoms with van der Waals surface area (Å²) >= 11 is 0. The number of anilines is 2. The summed E-state index contributed by atoms with van der Waals surface area (Å²) in [6.45, 7) is 2.42. The van der Waals surface area contributed by atoms with Gasteiger partial charge in [0.15, 0.2) is 23.3 Å². The summed E-state index contributed by atoms with van der Waals surface area (Å²) in [6, 6.07) is 1.27. The lowest BCUT2D eigenvalue weighted by atomic mass is 10.0. The van der Waals surface area contributed by atoms with Crippen LogP contribution in [0.2, 0.25) is 0 Å². The maximum absolute atomic E-state index is 13.9. The van der Waals surface area contributed by atoms with Crippen LogP contribution in [0.3, 0.4) is 0 Å². The van der Waals surface area contributed by atoms with Crippen molar-refractivity contribution in [3.05, 3.63) is 17.7 Å². The fourth-order valence-corrected chi connectivity index (χ4v) is 4.54. The normalized spacial score (nSPS) is 36.9. The van der Waals surface area contributed by atoms with Gasteiger partial charge < -0.3 is 10.6 Å². The monoisotopic (exact) mass is 279 g/mol. The Morgan fingerprint density at radius 3 is 2.45 bits per heavy atom. The van der Waals surface area contributed by atoms with Gasteiger partial charge in [-0.05, 0) is 49.9 Å². The van der Waals surface area contributed by atoms with Crippen molar-refractivity contribution in [1.82, 2.24) is 4.98 Å². The van der Waals surface area contributed by atoms with E-state index in [-0.39, 0.29) is 11.6 Å². The first-order chi connectivity index (χ1) is 9.69. The lowest BCUT2D eigenvalue weighted by Crippen LogP contribution is -2.16. The zero-order valence-corrected chi connectivity index (χ0v) is 11.5. The van der Waals surface area contributed by atoms with E-state index in [4.69, 9.17) is 0 Å². The molecular weight excluding hydrogens is 260 g/mol. The number of halogens is 2. The first-order valence-corrected chi connectivity index (χ1v) is 7.55. The van der Waals surface area contributed by atoms with Crippen molar-refractivity contribution < 1.29 is 8.78 Å². The standard InChI is InChI=1S/C15H19F2N3/c1-2-18-14-9(16)6-10(17)15(20-14)19-13-11-7-3-4-8(5-7)12(11)13/h6-8,11-13H,2-5H2,1H3,(H2,18,19,20). The molecule has 2 bridgehead atoms. The molecule has 2 N–H and O–H groups in total. The Morgan fingerprint density at radius 2 is 1.80 bits per heavy atom. The predicted molar refractivity (Wildman–Crippen MR) is 73.5 cm³/mol. The average Bonchev–Trinajstić information content (AvgIpc) is 2.81. The molecule has 4 rings (SSSR count). The van der Waals surface area contributed by atoms with Gasteiger partial charge in [0, 0.05) is 18.7 Å². The van der Waals surface area contributed by atoms with Crippen LogP contribution in [-0.2, 0) is 0 Å². The van der Waals surface area contributed by atoms with Crippen LogP contribution in [0.4, 0.5) is 20.4 Å². The lowest BCUT2D eigenvalue weighted by Gasteiger charge is -2.13. The van der Waals surface area contributed by atoms with Gasteiger partial charge in [-0.3, -0.25) is 0 Å². The van der Waals surface area contributed by atoms with E-state index < -0.39 is 11.6 Å². The lowest BCUT2D eigenvalue weighted by molar-refractivity contribution is 0.456. The number of fused-ring (bicyclic) bond motifs is 5. The van der Waals surface area contributed by atoms with Crippen LogP contribution in [0.25, 0.3) is 0 Å². The van der Waals surface area contributed by atoms with Crippen molar-refractivity contribution in [2.75, 3.05) is 17.2 Å². The predicted octanol–water partition coefficient (Wildman–Crippen LogP) is 3.25. The number of hydrogen-bond acceptors (Lipinski definition) is 3. The van der Waals surface area contributed by atoms with E-state index in [1.807, 2.05) is 6.92 Å². The van der Waals surface area contributed by atoms with Gasteiger partial charge in [-0.1, -0.05) is 0 Å². The van der Waals surface area contributed by atoms with Gasteiger partial charge in [-0.15, -0.1) is 0 Å². The van der Waals surface area contributed by atoms with Gasteiger partial charge in [-0.25, -0.2) is 13.8 Å². The summed E-state index contributed by atoms with van der Waals surface area (Å²) in [6.07, 6.45) is 4.01. The molecule has 3 nitrogen and oxygen atoms in total. The van der Waals surface area contributed by atoms with E-state index in [0.717, 1.165) is 17.9 Å². The molecule has 108 valence electrons. The molecule has 3 saturated carbocycles. The number of pyridine rings is 1. The molecule has 0 saturated heterocycles. The molecule has 1 heterocycles. The summed E-state index contributed by atoms with van der Waals surface area (Å²) in [5.74, 6) is 2.13. The van der Waals surface area contributed by atoms with Crippen LogP contribution < -0.4 is 10.6 Å². The molecule has 0 spiro atoms.